The van der Waals surface area contributed by atoms with Crippen molar-refractivity contribution in [1.82, 2.24) is 15.5 Å². The summed E-state index contributed by atoms with van der Waals surface area (Å²) >= 11 is 0. The lowest BCUT2D eigenvalue weighted by Crippen LogP contribution is -2.47. The molecule has 0 aliphatic carbocycles. The quantitative estimate of drug-likeness (QED) is 0.625. The van der Waals surface area contributed by atoms with Gasteiger partial charge in [-0.25, -0.2) is 9.59 Å². The molecule has 0 bridgehead atoms. The van der Waals surface area contributed by atoms with E-state index in [0.29, 0.717) is 13.0 Å². The Hall–Kier alpha value is -1.30. The van der Waals surface area contributed by atoms with Gasteiger partial charge < -0.3 is 20.6 Å². The van der Waals surface area contributed by atoms with E-state index in [9.17, 15) is 9.59 Å². The van der Waals surface area contributed by atoms with Gasteiger partial charge in [0, 0.05) is 13.1 Å². The third kappa shape index (κ3) is 5.35. The molecular formula is C12H23N3O3. The van der Waals surface area contributed by atoms with Crippen LogP contribution in [0.4, 0.5) is 4.79 Å². The van der Waals surface area contributed by atoms with Crippen molar-refractivity contribution in [3.8, 4) is 0 Å². The number of carboxylic acids is 1. The molecule has 18 heavy (non-hydrogen) atoms. The van der Waals surface area contributed by atoms with Gasteiger partial charge in [0.05, 0.1) is 0 Å². The molecule has 0 unspecified atom stereocenters. The number of carbonyl (C=O) groups excluding carboxylic acids is 1. The van der Waals surface area contributed by atoms with Crippen LogP contribution in [0.25, 0.3) is 0 Å². The van der Waals surface area contributed by atoms with Crippen molar-refractivity contribution in [3.63, 3.8) is 0 Å². The Balaban J connectivity index is 2.16. The van der Waals surface area contributed by atoms with E-state index < -0.39 is 18.0 Å². The Bertz CT molecular complexity index is 278. The van der Waals surface area contributed by atoms with Crippen LogP contribution in [0.2, 0.25) is 0 Å². The van der Waals surface area contributed by atoms with Crippen molar-refractivity contribution in [2.75, 3.05) is 26.2 Å². The summed E-state index contributed by atoms with van der Waals surface area (Å²) in [6.07, 6.45) is 3.63. The highest BCUT2D eigenvalue weighted by molar-refractivity contribution is 5.82. The van der Waals surface area contributed by atoms with Crippen molar-refractivity contribution in [2.45, 2.75) is 38.6 Å². The van der Waals surface area contributed by atoms with Crippen molar-refractivity contribution in [2.24, 2.45) is 0 Å². The Labute approximate surface area is 108 Å². The highest BCUT2D eigenvalue weighted by atomic mass is 16.4. The van der Waals surface area contributed by atoms with E-state index in [1.165, 1.54) is 12.8 Å². The van der Waals surface area contributed by atoms with E-state index in [2.05, 4.69) is 15.5 Å². The van der Waals surface area contributed by atoms with Crippen LogP contribution in [0.1, 0.15) is 32.6 Å². The van der Waals surface area contributed by atoms with Crippen molar-refractivity contribution in [3.05, 3.63) is 0 Å². The van der Waals surface area contributed by atoms with E-state index >= 15 is 0 Å². The fourth-order valence-electron chi connectivity index (χ4n) is 2.09. The van der Waals surface area contributed by atoms with Gasteiger partial charge in [-0.15, -0.1) is 0 Å². The number of rotatable bonds is 7. The van der Waals surface area contributed by atoms with Gasteiger partial charge in [0.1, 0.15) is 6.04 Å². The molecule has 0 saturated carbocycles. The first kappa shape index (κ1) is 14.8. The molecule has 0 spiro atoms. The summed E-state index contributed by atoms with van der Waals surface area (Å²) in [5, 5.41) is 14.1. The number of nitrogens with zero attached hydrogens (tertiary/aromatic N) is 1. The van der Waals surface area contributed by atoms with Crippen molar-refractivity contribution >= 4 is 12.0 Å². The van der Waals surface area contributed by atoms with Crippen LogP contribution in [0, 0.1) is 0 Å². The second-order valence-corrected chi connectivity index (χ2v) is 4.63. The minimum atomic E-state index is -0.980. The number of amides is 2. The van der Waals surface area contributed by atoms with E-state index in [4.69, 9.17) is 5.11 Å². The van der Waals surface area contributed by atoms with Crippen LogP contribution in [0.3, 0.4) is 0 Å². The largest absolute Gasteiger partial charge is 0.480 e. The molecular weight excluding hydrogens is 234 g/mol. The molecule has 1 heterocycles. The molecule has 1 saturated heterocycles. The standard InChI is InChI=1S/C12H23N3O3/c1-2-5-10(11(16)17)14-12(18)13-6-9-15-7-3-4-8-15/h10H,2-9H2,1H3,(H,16,17)(H2,13,14,18)/t10-/m1/s1. The van der Waals surface area contributed by atoms with E-state index in [1.54, 1.807) is 0 Å². The number of urea groups is 1. The van der Waals surface area contributed by atoms with Crippen molar-refractivity contribution < 1.29 is 14.7 Å². The Morgan fingerprint density at radius 3 is 2.56 bits per heavy atom. The number of carboxylic acid groups (broad SMARTS) is 1. The molecule has 1 aliphatic heterocycles. The molecule has 1 atom stereocenters. The fourth-order valence-corrected chi connectivity index (χ4v) is 2.09. The van der Waals surface area contributed by atoms with Crippen LogP contribution >= 0.6 is 0 Å². The van der Waals surface area contributed by atoms with Crippen LogP contribution in [-0.4, -0.2) is 54.2 Å². The molecule has 2 amide bonds. The Kier molecular flexibility index (Phi) is 6.49. The van der Waals surface area contributed by atoms with E-state index in [-0.39, 0.29) is 0 Å². The Morgan fingerprint density at radius 2 is 2.00 bits per heavy atom. The third-order valence-corrected chi connectivity index (χ3v) is 3.09. The summed E-state index contributed by atoms with van der Waals surface area (Å²) in [7, 11) is 0. The molecule has 3 N–H and O–H groups in total. The summed E-state index contributed by atoms with van der Waals surface area (Å²) in [4.78, 5) is 24.7. The van der Waals surface area contributed by atoms with Gasteiger partial charge in [-0.2, -0.15) is 0 Å². The minimum Gasteiger partial charge on any atom is -0.480 e. The zero-order valence-corrected chi connectivity index (χ0v) is 10.9. The van der Waals surface area contributed by atoms with Gasteiger partial charge in [0.25, 0.3) is 0 Å². The summed E-state index contributed by atoms with van der Waals surface area (Å²) in [6, 6.07) is -1.18. The van der Waals surface area contributed by atoms with E-state index in [1.807, 2.05) is 6.92 Å². The maximum Gasteiger partial charge on any atom is 0.326 e. The summed E-state index contributed by atoms with van der Waals surface area (Å²) in [5.41, 5.74) is 0. The minimum absolute atomic E-state index is 0.393. The zero-order valence-electron chi connectivity index (χ0n) is 10.9. The predicted octanol–water partition coefficient (Wildman–Crippen LogP) is 0.635. The second kappa shape index (κ2) is 7.92. The van der Waals surface area contributed by atoms with Gasteiger partial charge >= 0.3 is 12.0 Å². The van der Waals surface area contributed by atoms with Gasteiger partial charge in [0.15, 0.2) is 0 Å². The molecule has 0 aromatic carbocycles. The van der Waals surface area contributed by atoms with Crippen LogP contribution in [-0.2, 0) is 4.79 Å². The fraction of sp³-hybridized carbons (Fsp3) is 0.833. The molecule has 1 aliphatic rings. The number of aliphatic carboxylic acids is 1. The highest BCUT2D eigenvalue weighted by Crippen LogP contribution is 2.05. The average Bonchev–Trinajstić information content (AvgIpc) is 2.81. The maximum atomic E-state index is 11.5. The van der Waals surface area contributed by atoms with Gasteiger partial charge in [0.2, 0.25) is 0 Å². The number of nitrogens with one attached hydrogen (secondary N) is 2. The highest BCUT2D eigenvalue weighted by Gasteiger charge is 2.18. The third-order valence-electron chi connectivity index (χ3n) is 3.09. The lowest BCUT2D eigenvalue weighted by Gasteiger charge is -2.17. The molecule has 1 rings (SSSR count). The number of carbonyl (C=O) groups is 2. The first-order valence-electron chi connectivity index (χ1n) is 6.63. The number of hydrogen-bond donors (Lipinski definition) is 3. The molecule has 1 fully saturated rings. The van der Waals surface area contributed by atoms with Crippen molar-refractivity contribution in [1.29, 1.82) is 0 Å². The summed E-state index contributed by atoms with van der Waals surface area (Å²) in [5.74, 6) is -0.980. The first-order chi connectivity index (χ1) is 8.63. The van der Waals surface area contributed by atoms with Gasteiger partial charge in [-0.3, -0.25) is 0 Å². The summed E-state index contributed by atoms with van der Waals surface area (Å²) in [6.45, 7) is 5.47. The monoisotopic (exact) mass is 257 g/mol. The SMILES string of the molecule is CCC[C@@H](NC(=O)NCCN1CCCC1)C(=O)O. The average molecular weight is 257 g/mol. The van der Waals surface area contributed by atoms with Crippen LogP contribution in [0.5, 0.6) is 0 Å². The first-order valence-corrected chi connectivity index (χ1v) is 6.63. The number of hydrogen-bond acceptors (Lipinski definition) is 3. The van der Waals surface area contributed by atoms with Gasteiger partial charge in [-0.05, 0) is 32.4 Å². The lowest BCUT2D eigenvalue weighted by atomic mass is 10.2. The van der Waals surface area contributed by atoms with Crippen LogP contribution < -0.4 is 10.6 Å². The van der Waals surface area contributed by atoms with Gasteiger partial charge in [-0.1, -0.05) is 13.3 Å². The molecule has 104 valence electrons. The maximum absolute atomic E-state index is 11.5. The Morgan fingerprint density at radius 1 is 1.33 bits per heavy atom. The zero-order chi connectivity index (χ0) is 13.4. The molecule has 0 aromatic heterocycles. The normalized spacial score (nSPS) is 17.4. The molecule has 6 nitrogen and oxygen atoms in total. The molecule has 0 radical (unpaired) electrons. The predicted molar refractivity (Wildman–Crippen MR) is 68.5 cm³/mol. The smallest absolute Gasteiger partial charge is 0.326 e. The molecule has 6 heteroatoms. The lowest BCUT2D eigenvalue weighted by molar-refractivity contribution is -0.139. The van der Waals surface area contributed by atoms with E-state index in [0.717, 1.165) is 26.1 Å². The summed E-state index contributed by atoms with van der Waals surface area (Å²) < 4.78 is 0. The second-order valence-electron chi connectivity index (χ2n) is 4.63. The molecule has 0 aromatic rings. The topological polar surface area (TPSA) is 81.7 Å². The van der Waals surface area contributed by atoms with Crippen LogP contribution in [0.15, 0.2) is 0 Å². The number of likely N-dealkylation sites (tertiary alicyclic amines) is 1.